The zero-order chi connectivity index (χ0) is 15.4. The van der Waals surface area contributed by atoms with E-state index in [1.54, 1.807) is 18.0 Å². The summed E-state index contributed by atoms with van der Waals surface area (Å²) in [6.45, 7) is 0. The zero-order valence-electron chi connectivity index (χ0n) is 12.7. The van der Waals surface area contributed by atoms with Gasteiger partial charge >= 0.3 is 0 Å². The van der Waals surface area contributed by atoms with Gasteiger partial charge in [0.15, 0.2) is 5.82 Å². The minimum atomic E-state index is 0.453. The Labute approximate surface area is 135 Å². The molecule has 1 saturated carbocycles. The highest BCUT2D eigenvalue weighted by Crippen LogP contribution is 2.31. The van der Waals surface area contributed by atoms with Crippen LogP contribution in [0.25, 0.3) is 0 Å². The molecule has 5 nitrogen and oxygen atoms in total. The summed E-state index contributed by atoms with van der Waals surface area (Å²) in [4.78, 5) is 0. The Balaban J connectivity index is 1.83. The fourth-order valence-corrected chi connectivity index (χ4v) is 3.04. The predicted molar refractivity (Wildman–Crippen MR) is 89.2 cm³/mol. The molecule has 0 atom stereocenters. The average molecular weight is 316 g/mol. The first kappa shape index (κ1) is 15.0. The topological polar surface area (TPSA) is 55.2 Å². The number of benzene rings is 1. The molecule has 0 radical (unpaired) electrons. The van der Waals surface area contributed by atoms with Crippen LogP contribution in [0, 0.1) is 4.77 Å². The van der Waals surface area contributed by atoms with E-state index in [1.165, 1.54) is 19.3 Å². The van der Waals surface area contributed by atoms with E-state index in [1.807, 2.05) is 24.3 Å². The van der Waals surface area contributed by atoms with Crippen LogP contribution in [0.5, 0.6) is 5.75 Å². The Morgan fingerprint density at radius 2 is 2.00 bits per heavy atom. The van der Waals surface area contributed by atoms with E-state index in [2.05, 4.69) is 15.3 Å². The van der Waals surface area contributed by atoms with Gasteiger partial charge in [0.05, 0.1) is 13.3 Å². The van der Waals surface area contributed by atoms with Gasteiger partial charge in [0.2, 0.25) is 4.77 Å². The van der Waals surface area contributed by atoms with E-state index in [0.717, 1.165) is 30.0 Å². The smallest absolute Gasteiger partial charge is 0.216 e. The summed E-state index contributed by atoms with van der Waals surface area (Å²) in [6, 6.07) is 7.76. The Bertz CT molecular complexity index is 696. The summed E-state index contributed by atoms with van der Waals surface area (Å²) in [5, 5.41) is 11.8. The number of rotatable bonds is 4. The number of hydrogen-bond acceptors (Lipinski definition) is 4. The number of aromatic amines is 1. The van der Waals surface area contributed by atoms with Crippen LogP contribution in [0.15, 0.2) is 29.4 Å². The molecule has 0 unspecified atom stereocenters. The molecular formula is C16H20N4OS. The van der Waals surface area contributed by atoms with Crippen molar-refractivity contribution in [3.05, 3.63) is 40.4 Å². The van der Waals surface area contributed by atoms with Gasteiger partial charge in [-0.3, -0.25) is 5.10 Å². The lowest BCUT2D eigenvalue weighted by Crippen LogP contribution is -2.10. The van der Waals surface area contributed by atoms with Crippen LogP contribution in [0.4, 0.5) is 0 Å². The van der Waals surface area contributed by atoms with Gasteiger partial charge < -0.3 is 4.74 Å². The molecule has 0 bridgehead atoms. The molecule has 0 aliphatic heterocycles. The van der Waals surface area contributed by atoms with Gasteiger partial charge in [-0.2, -0.15) is 14.9 Å². The van der Waals surface area contributed by atoms with Crippen LogP contribution in [-0.2, 0) is 0 Å². The summed E-state index contributed by atoms with van der Waals surface area (Å²) in [5.41, 5.74) is 0.999. The van der Waals surface area contributed by atoms with Crippen molar-refractivity contribution in [3.63, 3.8) is 0 Å². The summed E-state index contributed by atoms with van der Waals surface area (Å²) in [7, 11) is 1.66. The van der Waals surface area contributed by atoms with Crippen LogP contribution in [0.3, 0.4) is 0 Å². The van der Waals surface area contributed by atoms with Crippen molar-refractivity contribution >= 4 is 18.4 Å². The second-order valence-corrected chi connectivity index (χ2v) is 5.94. The maximum atomic E-state index is 5.31. The average Bonchev–Trinajstić information content (AvgIpc) is 2.95. The van der Waals surface area contributed by atoms with Crippen molar-refractivity contribution in [1.82, 2.24) is 14.9 Å². The highest BCUT2D eigenvalue weighted by Gasteiger charge is 2.21. The van der Waals surface area contributed by atoms with Gasteiger partial charge in [-0.15, -0.1) is 0 Å². The molecule has 3 rings (SSSR count). The van der Waals surface area contributed by atoms with E-state index in [-0.39, 0.29) is 0 Å². The van der Waals surface area contributed by atoms with E-state index >= 15 is 0 Å². The van der Waals surface area contributed by atoms with Crippen molar-refractivity contribution in [2.24, 2.45) is 5.10 Å². The maximum Gasteiger partial charge on any atom is 0.216 e. The molecule has 0 saturated heterocycles. The minimum Gasteiger partial charge on any atom is -0.497 e. The molecule has 6 heteroatoms. The van der Waals surface area contributed by atoms with Gasteiger partial charge in [0.25, 0.3) is 0 Å². The molecule has 116 valence electrons. The third-order valence-corrected chi connectivity index (χ3v) is 4.35. The third-order valence-electron chi connectivity index (χ3n) is 4.08. The summed E-state index contributed by atoms with van der Waals surface area (Å²) < 4.78 is 7.46. The number of hydrogen-bond donors (Lipinski definition) is 1. The summed E-state index contributed by atoms with van der Waals surface area (Å²) in [6.07, 6.45) is 7.96. The van der Waals surface area contributed by atoms with Gasteiger partial charge in [-0.1, -0.05) is 19.3 Å². The molecule has 22 heavy (non-hydrogen) atoms. The molecule has 1 aromatic heterocycles. The lowest BCUT2D eigenvalue weighted by Gasteiger charge is -2.19. The molecule has 0 amide bonds. The second-order valence-electron chi connectivity index (χ2n) is 5.55. The SMILES string of the molecule is COc1ccc(/C=N/n2c(C3CCCCC3)n[nH]c2=S)cc1. The van der Waals surface area contributed by atoms with Gasteiger partial charge in [-0.05, 0) is 54.9 Å². The zero-order valence-corrected chi connectivity index (χ0v) is 13.5. The fraction of sp³-hybridized carbons (Fsp3) is 0.438. The van der Waals surface area contributed by atoms with Crippen LogP contribution in [0.1, 0.15) is 49.4 Å². The normalized spacial score (nSPS) is 16.2. The summed E-state index contributed by atoms with van der Waals surface area (Å²) >= 11 is 5.31. The number of H-pyrrole nitrogens is 1. The largest absolute Gasteiger partial charge is 0.497 e. The molecular weight excluding hydrogens is 296 g/mol. The van der Waals surface area contributed by atoms with Crippen molar-refractivity contribution in [2.45, 2.75) is 38.0 Å². The lowest BCUT2D eigenvalue weighted by atomic mass is 9.89. The van der Waals surface area contributed by atoms with Gasteiger partial charge in [0.1, 0.15) is 5.75 Å². The van der Waals surface area contributed by atoms with Gasteiger partial charge in [0, 0.05) is 5.92 Å². The maximum absolute atomic E-state index is 5.31. The minimum absolute atomic E-state index is 0.453. The quantitative estimate of drug-likeness (QED) is 0.688. The highest BCUT2D eigenvalue weighted by molar-refractivity contribution is 7.71. The molecule has 1 heterocycles. The molecule has 1 fully saturated rings. The van der Waals surface area contributed by atoms with Crippen LogP contribution in [-0.4, -0.2) is 28.2 Å². The van der Waals surface area contributed by atoms with Gasteiger partial charge in [-0.25, -0.2) is 0 Å². The second kappa shape index (κ2) is 6.87. The third kappa shape index (κ3) is 3.27. The standard InChI is InChI=1S/C16H20N4OS/c1-21-14-9-7-12(8-10-14)11-17-20-15(18-19-16(20)22)13-5-3-2-4-6-13/h7-11,13H,2-6H2,1H3,(H,19,22)/b17-11+. The van der Waals surface area contributed by atoms with Crippen molar-refractivity contribution in [2.75, 3.05) is 7.11 Å². The van der Waals surface area contributed by atoms with E-state index in [0.29, 0.717) is 10.7 Å². The predicted octanol–water partition coefficient (Wildman–Crippen LogP) is 3.88. The van der Waals surface area contributed by atoms with Crippen molar-refractivity contribution in [3.8, 4) is 5.75 Å². The molecule has 1 aliphatic carbocycles. The Morgan fingerprint density at radius 3 is 2.68 bits per heavy atom. The Kier molecular flexibility index (Phi) is 4.68. The number of aromatic nitrogens is 3. The van der Waals surface area contributed by atoms with Crippen molar-refractivity contribution in [1.29, 1.82) is 0 Å². The Hall–Kier alpha value is -1.95. The highest BCUT2D eigenvalue weighted by atomic mass is 32.1. The lowest BCUT2D eigenvalue weighted by molar-refractivity contribution is 0.415. The number of nitrogens with zero attached hydrogens (tertiary/aromatic N) is 3. The first-order valence-electron chi connectivity index (χ1n) is 7.63. The molecule has 1 N–H and O–H groups in total. The van der Waals surface area contributed by atoms with Crippen LogP contribution in [0.2, 0.25) is 0 Å². The molecule has 2 aromatic rings. The molecule has 1 aromatic carbocycles. The van der Waals surface area contributed by atoms with Crippen molar-refractivity contribution < 1.29 is 4.74 Å². The first-order chi connectivity index (χ1) is 10.8. The summed E-state index contributed by atoms with van der Waals surface area (Å²) in [5.74, 6) is 2.24. The fourth-order valence-electron chi connectivity index (χ4n) is 2.85. The monoisotopic (exact) mass is 316 g/mol. The molecule has 0 spiro atoms. The number of methoxy groups -OCH3 is 1. The van der Waals surface area contributed by atoms with E-state index in [4.69, 9.17) is 17.0 Å². The Morgan fingerprint density at radius 1 is 1.27 bits per heavy atom. The number of nitrogens with one attached hydrogen (secondary N) is 1. The van der Waals surface area contributed by atoms with Crippen LogP contribution >= 0.6 is 12.2 Å². The first-order valence-corrected chi connectivity index (χ1v) is 8.04. The number of ether oxygens (including phenoxy) is 1. The molecule has 1 aliphatic rings. The van der Waals surface area contributed by atoms with E-state index in [9.17, 15) is 0 Å². The van der Waals surface area contributed by atoms with E-state index < -0.39 is 0 Å². The van der Waals surface area contributed by atoms with Crippen LogP contribution < -0.4 is 4.74 Å².